The molecule has 182 valence electrons. The van der Waals surface area contributed by atoms with Gasteiger partial charge in [0.2, 0.25) is 5.69 Å². The molecular weight excluding hydrogens is 458 g/mol. The van der Waals surface area contributed by atoms with Crippen LogP contribution in [0.4, 0.5) is 5.69 Å². The third kappa shape index (κ3) is 4.51. The van der Waals surface area contributed by atoms with Crippen molar-refractivity contribution in [1.29, 1.82) is 0 Å². The zero-order valence-corrected chi connectivity index (χ0v) is 20.3. The lowest BCUT2D eigenvalue weighted by molar-refractivity contribution is 0.0259. The Morgan fingerprint density at radius 3 is 2.67 bits per heavy atom. The summed E-state index contributed by atoms with van der Waals surface area (Å²) in [4.78, 5) is 21.8. The summed E-state index contributed by atoms with van der Waals surface area (Å²) < 4.78 is 17.7. The van der Waals surface area contributed by atoms with Crippen LogP contribution in [0.25, 0.3) is 38.5 Å². The van der Waals surface area contributed by atoms with Gasteiger partial charge in [-0.1, -0.05) is 6.07 Å². The van der Waals surface area contributed by atoms with Gasteiger partial charge in [0.25, 0.3) is 5.91 Å². The number of rotatable bonds is 5. The fraction of sp³-hybridized carbons (Fsp3) is 0.296. The minimum Gasteiger partial charge on any atom is -0.501 e. The molecule has 1 aliphatic heterocycles. The van der Waals surface area contributed by atoms with E-state index in [0.717, 1.165) is 29.5 Å². The van der Waals surface area contributed by atoms with Crippen molar-refractivity contribution in [3.8, 4) is 28.3 Å². The highest BCUT2D eigenvalue weighted by molar-refractivity contribution is 5.94. The Labute approximate surface area is 208 Å². The summed E-state index contributed by atoms with van der Waals surface area (Å²) in [5.74, 6) is 0.860. The van der Waals surface area contributed by atoms with E-state index in [2.05, 4.69) is 20.0 Å². The summed E-state index contributed by atoms with van der Waals surface area (Å²) in [6.45, 7) is 10.9. The van der Waals surface area contributed by atoms with Gasteiger partial charge in [0, 0.05) is 44.8 Å². The maximum atomic E-state index is 12.2. The first-order valence-electron chi connectivity index (χ1n) is 11.7. The maximum absolute atomic E-state index is 12.2. The lowest BCUT2D eigenvalue weighted by Gasteiger charge is -2.24. The summed E-state index contributed by atoms with van der Waals surface area (Å²) in [6.07, 6.45) is 3.38. The molecule has 1 amide bonds. The number of nitrogens with zero attached hydrogens (tertiary/aromatic N) is 5. The van der Waals surface area contributed by atoms with Crippen molar-refractivity contribution in [3.63, 3.8) is 0 Å². The van der Waals surface area contributed by atoms with Crippen molar-refractivity contribution < 1.29 is 18.7 Å². The van der Waals surface area contributed by atoms with E-state index in [4.69, 9.17) is 20.5 Å². The first-order chi connectivity index (χ1) is 17.4. The molecule has 0 bridgehead atoms. The molecule has 3 aromatic heterocycles. The number of hydrogen-bond donors (Lipinski definition) is 0. The van der Waals surface area contributed by atoms with Crippen molar-refractivity contribution in [1.82, 2.24) is 20.1 Å². The van der Waals surface area contributed by atoms with Crippen molar-refractivity contribution >= 4 is 22.7 Å². The third-order valence-corrected chi connectivity index (χ3v) is 6.11. The maximum Gasteiger partial charge on any atom is 0.273 e. The van der Waals surface area contributed by atoms with E-state index in [9.17, 15) is 4.79 Å². The molecule has 9 nitrogen and oxygen atoms in total. The summed E-state index contributed by atoms with van der Waals surface area (Å²) >= 11 is 0. The van der Waals surface area contributed by atoms with E-state index >= 15 is 0 Å². The Kier molecular flexibility index (Phi) is 6.36. The second-order valence-corrected chi connectivity index (χ2v) is 8.87. The van der Waals surface area contributed by atoms with Gasteiger partial charge < -0.3 is 18.8 Å². The molecule has 9 heteroatoms. The summed E-state index contributed by atoms with van der Waals surface area (Å²) in [5, 5.41) is 8.35. The predicted molar refractivity (Wildman–Crippen MR) is 134 cm³/mol. The molecule has 1 saturated heterocycles. The van der Waals surface area contributed by atoms with E-state index in [0.29, 0.717) is 47.2 Å². The molecule has 1 fully saturated rings. The number of aryl methyl sites for hydroxylation is 1. The van der Waals surface area contributed by atoms with Crippen LogP contribution in [0.15, 0.2) is 47.0 Å². The molecule has 1 aliphatic rings. The average molecular weight is 484 g/mol. The topological polar surface area (TPSA) is 94.9 Å². The molecule has 0 aliphatic carbocycles. The molecule has 4 heterocycles. The average Bonchev–Trinajstić information content (AvgIpc) is 3.33. The van der Waals surface area contributed by atoms with Crippen LogP contribution in [-0.4, -0.2) is 59.4 Å². The van der Waals surface area contributed by atoms with Crippen LogP contribution in [0.1, 0.15) is 28.9 Å². The SMILES string of the molecule is [C-]#[N+]c1cc(-c2ccnc3cc(-c4nnc(C(=O)N(C)C)cc4C)oc23)ccc1OC1CCOCC1. The highest BCUT2D eigenvalue weighted by atomic mass is 16.5. The van der Waals surface area contributed by atoms with E-state index < -0.39 is 0 Å². The van der Waals surface area contributed by atoms with Gasteiger partial charge >= 0.3 is 0 Å². The number of carbonyl (C=O) groups is 1. The Morgan fingerprint density at radius 2 is 1.94 bits per heavy atom. The monoisotopic (exact) mass is 483 g/mol. The van der Waals surface area contributed by atoms with Gasteiger partial charge in [-0.2, -0.15) is 0 Å². The summed E-state index contributed by atoms with van der Waals surface area (Å²) in [6, 6.07) is 10.9. The van der Waals surface area contributed by atoms with Crippen molar-refractivity contribution in [2.24, 2.45) is 0 Å². The van der Waals surface area contributed by atoms with Crippen molar-refractivity contribution in [2.45, 2.75) is 25.9 Å². The predicted octanol–water partition coefficient (Wildman–Crippen LogP) is 5.07. The molecule has 1 aromatic carbocycles. The summed E-state index contributed by atoms with van der Waals surface area (Å²) in [7, 11) is 3.34. The molecule has 4 aromatic rings. The number of benzene rings is 1. The van der Waals surface area contributed by atoms with Gasteiger partial charge in [0.1, 0.15) is 23.1 Å². The molecule has 0 atom stereocenters. The van der Waals surface area contributed by atoms with Crippen LogP contribution in [0.2, 0.25) is 0 Å². The highest BCUT2D eigenvalue weighted by Gasteiger charge is 2.20. The van der Waals surface area contributed by atoms with Crippen LogP contribution in [-0.2, 0) is 4.74 Å². The quantitative estimate of drug-likeness (QED) is 0.366. The number of hydrogen-bond acceptors (Lipinski definition) is 7. The Bertz CT molecular complexity index is 1480. The van der Waals surface area contributed by atoms with Crippen LogP contribution >= 0.6 is 0 Å². The normalized spacial score (nSPS) is 13.9. The standard InChI is InChI=1S/C27H25N5O4/c1-16-13-22(27(33)32(3)4)30-31-25(16)24-15-21-26(36-24)19(7-10-29-21)17-5-6-23(20(14-17)28-2)35-18-8-11-34-12-9-18/h5-7,10,13-15,18H,8-9,11-12H2,1,3-4H3. The lowest BCUT2D eigenvalue weighted by Crippen LogP contribution is -2.25. The largest absolute Gasteiger partial charge is 0.501 e. The summed E-state index contributed by atoms with van der Waals surface area (Å²) in [5.41, 5.74) is 4.88. The number of aromatic nitrogens is 3. The number of pyridine rings is 1. The fourth-order valence-electron chi connectivity index (χ4n) is 4.19. The second-order valence-electron chi connectivity index (χ2n) is 8.87. The lowest BCUT2D eigenvalue weighted by atomic mass is 10.0. The van der Waals surface area contributed by atoms with Gasteiger partial charge in [-0.3, -0.25) is 9.78 Å². The number of amides is 1. The number of furan rings is 1. The molecule has 5 rings (SSSR count). The number of ether oxygens (including phenoxy) is 2. The minimum absolute atomic E-state index is 0.0501. The molecule has 0 N–H and O–H groups in total. The fourth-order valence-corrected chi connectivity index (χ4v) is 4.19. The van der Waals surface area contributed by atoms with Crippen molar-refractivity contribution in [3.05, 3.63) is 65.3 Å². The van der Waals surface area contributed by atoms with Gasteiger partial charge in [-0.15, -0.1) is 10.2 Å². The number of fused-ring (bicyclic) bond motifs is 1. The zero-order chi connectivity index (χ0) is 25.2. The van der Waals surface area contributed by atoms with Gasteiger partial charge in [-0.05, 0) is 42.3 Å². The van der Waals surface area contributed by atoms with Crippen LogP contribution in [0.3, 0.4) is 0 Å². The Morgan fingerprint density at radius 1 is 1.14 bits per heavy atom. The van der Waals surface area contributed by atoms with Gasteiger partial charge in [-0.25, -0.2) is 4.85 Å². The second kappa shape index (κ2) is 9.76. The highest BCUT2D eigenvalue weighted by Crippen LogP contribution is 2.38. The first-order valence-corrected chi connectivity index (χ1v) is 11.7. The Balaban J connectivity index is 1.49. The smallest absolute Gasteiger partial charge is 0.273 e. The number of carbonyl (C=O) groups excluding carboxylic acids is 1. The van der Waals surface area contributed by atoms with Gasteiger partial charge in [0.05, 0.1) is 19.8 Å². The molecular formula is C27H25N5O4. The Hall–Kier alpha value is -4.29. The van der Waals surface area contributed by atoms with Crippen LogP contribution in [0, 0.1) is 13.5 Å². The minimum atomic E-state index is -0.217. The van der Waals surface area contributed by atoms with E-state index in [1.165, 1.54) is 4.90 Å². The molecule has 0 radical (unpaired) electrons. The molecule has 0 spiro atoms. The van der Waals surface area contributed by atoms with Crippen LogP contribution < -0.4 is 4.74 Å². The molecule has 36 heavy (non-hydrogen) atoms. The van der Waals surface area contributed by atoms with Crippen LogP contribution in [0.5, 0.6) is 5.75 Å². The van der Waals surface area contributed by atoms with E-state index in [1.54, 1.807) is 26.4 Å². The van der Waals surface area contributed by atoms with E-state index in [1.807, 2.05) is 37.3 Å². The zero-order valence-electron chi connectivity index (χ0n) is 20.3. The third-order valence-electron chi connectivity index (χ3n) is 6.11. The van der Waals surface area contributed by atoms with Gasteiger partial charge in [0.15, 0.2) is 17.0 Å². The molecule has 0 saturated carbocycles. The van der Waals surface area contributed by atoms with Crippen molar-refractivity contribution in [2.75, 3.05) is 27.3 Å². The molecule has 0 unspecified atom stereocenters. The van der Waals surface area contributed by atoms with E-state index in [-0.39, 0.29) is 17.7 Å². The first kappa shape index (κ1) is 23.5.